The largest absolute Gasteiger partial charge is 0.493 e. The minimum absolute atomic E-state index is 0.0711. The number of hydrogen-bond acceptors (Lipinski definition) is 3. The molecule has 3 rings (SSSR count). The van der Waals surface area contributed by atoms with Gasteiger partial charge in [-0.2, -0.15) is 0 Å². The van der Waals surface area contributed by atoms with E-state index in [0.717, 1.165) is 5.69 Å². The van der Waals surface area contributed by atoms with Gasteiger partial charge in [-0.3, -0.25) is 9.59 Å². The van der Waals surface area contributed by atoms with E-state index in [9.17, 15) is 9.59 Å². The van der Waals surface area contributed by atoms with E-state index in [0.29, 0.717) is 23.7 Å². The first-order valence-electron chi connectivity index (χ1n) is 8.17. The van der Waals surface area contributed by atoms with Crippen molar-refractivity contribution in [3.63, 3.8) is 0 Å². The minimum Gasteiger partial charge on any atom is -0.493 e. The number of anilines is 1. The fraction of sp³-hybridized carbons (Fsp3) is 0.263. The standard InChI is InChI=1S/C19H19ClN2O3/c20-14-6-8-16(9-7-14)25-13-11-18(23)21-17-10-12-22(19(17)24)15-4-2-1-3-5-15/h1-9,17H,10-13H2,(H,21,23). The maximum atomic E-state index is 12.4. The van der Waals surface area contributed by atoms with Crippen LogP contribution in [0, 0.1) is 0 Å². The third-order valence-corrected chi connectivity index (χ3v) is 4.27. The van der Waals surface area contributed by atoms with Crippen molar-refractivity contribution in [2.75, 3.05) is 18.1 Å². The molecule has 2 amide bonds. The molecule has 0 aliphatic carbocycles. The fourth-order valence-electron chi connectivity index (χ4n) is 2.74. The van der Waals surface area contributed by atoms with E-state index in [1.54, 1.807) is 29.2 Å². The molecule has 1 saturated heterocycles. The Kier molecular flexibility index (Phi) is 5.56. The molecule has 1 unspecified atom stereocenters. The molecule has 5 nitrogen and oxygen atoms in total. The lowest BCUT2D eigenvalue weighted by molar-refractivity contribution is -0.126. The van der Waals surface area contributed by atoms with Crippen molar-refractivity contribution in [3.05, 3.63) is 59.6 Å². The van der Waals surface area contributed by atoms with Crippen LogP contribution >= 0.6 is 11.6 Å². The average Bonchev–Trinajstić information content (AvgIpc) is 2.98. The first kappa shape index (κ1) is 17.3. The van der Waals surface area contributed by atoms with Crippen LogP contribution in [0.5, 0.6) is 5.75 Å². The molecule has 130 valence electrons. The van der Waals surface area contributed by atoms with E-state index in [-0.39, 0.29) is 24.8 Å². The highest BCUT2D eigenvalue weighted by molar-refractivity contribution is 6.30. The lowest BCUT2D eigenvalue weighted by Crippen LogP contribution is -2.41. The van der Waals surface area contributed by atoms with Gasteiger partial charge in [-0.1, -0.05) is 29.8 Å². The zero-order valence-corrected chi connectivity index (χ0v) is 14.4. The third-order valence-electron chi connectivity index (χ3n) is 4.02. The van der Waals surface area contributed by atoms with Crippen molar-refractivity contribution >= 4 is 29.1 Å². The van der Waals surface area contributed by atoms with Gasteiger partial charge in [-0.25, -0.2) is 0 Å². The molecule has 1 atom stereocenters. The van der Waals surface area contributed by atoms with Crippen molar-refractivity contribution in [1.82, 2.24) is 5.32 Å². The Balaban J connectivity index is 1.45. The molecule has 0 spiro atoms. The molecule has 6 heteroatoms. The summed E-state index contributed by atoms with van der Waals surface area (Å²) in [6.45, 7) is 0.853. The van der Waals surface area contributed by atoms with Gasteiger partial charge in [0.15, 0.2) is 0 Å². The Morgan fingerprint density at radius 1 is 1.16 bits per heavy atom. The maximum Gasteiger partial charge on any atom is 0.249 e. The van der Waals surface area contributed by atoms with E-state index in [1.807, 2.05) is 30.3 Å². The number of halogens is 1. The summed E-state index contributed by atoms with van der Waals surface area (Å²) in [6, 6.07) is 16.0. The summed E-state index contributed by atoms with van der Waals surface area (Å²) in [5.41, 5.74) is 0.857. The van der Waals surface area contributed by atoms with E-state index < -0.39 is 6.04 Å². The van der Waals surface area contributed by atoms with Gasteiger partial charge < -0.3 is 15.0 Å². The summed E-state index contributed by atoms with van der Waals surface area (Å²) < 4.78 is 5.50. The van der Waals surface area contributed by atoms with Crippen LogP contribution in [0.25, 0.3) is 0 Å². The second-order valence-electron chi connectivity index (χ2n) is 5.79. The monoisotopic (exact) mass is 358 g/mol. The first-order valence-corrected chi connectivity index (χ1v) is 8.55. The number of nitrogens with one attached hydrogen (secondary N) is 1. The number of hydrogen-bond donors (Lipinski definition) is 1. The number of nitrogens with zero attached hydrogens (tertiary/aromatic N) is 1. The van der Waals surface area contributed by atoms with Crippen molar-refractivity contribution in [2.24, 2.45) is 0 Å². The summed E-state index contributed by atoms with van der Waals surface area (Å²) in [6.07, 6.45) is 0.801. The molecule has 1 N–H and O–H groups in total. The first-order chi connectivity index (χ1) is 12.1. The SMILES string of the molecule is O=C(CCOc1ccc(Cl)cc1)NC1CCN(c2ccccc2)C1=O. The van der Waals surface area contributed by atoms with Crippen LogP contribution in [0.15, 0.2) is 54.6 Å². The third kappa shape index (κ3) is 4.51. The summed E-state index contributed by atoms with van der Waals surface area (Å²) in [7, 11) is 0. The van der Waals surface area contributed by atoms with E-state index in [1.165, 1.54) is 0 Å². The lowest BCUT2D eigenvalue weighted by Gasteiger charge is -2.17. The molecule has 0 radical (unpaired) electrons. The van der Waals surface area contributed by atoms with Gasteiger partial charge in [-0.15, -0.1) is 0 Å². The molecule has 2 aromatic rings. The number of para-hydroxylation sites is 1. The summed E-state index contributed by atoms with van der Waals surface area (Å²) in [5, 5.41) is 3.42. The summed E-state index contributed by atoms with van der Waals surface area (Å²) >= 11 is 5.81. The molecular formula is C19H19ClN2O3. The molecule has 0 bridgehead atoms. The highest BCUT2D eigenvalue weighted by Crippen LogP contribution is 2.21. The smallest absolute Gasteiger partial charge is 0.249 e. The molecular weight excluding hydrogens is 340 g/mol. The quantitative estimate of drug-likeness (QED) is 0.863. The van der Waals surface area contributed by atoms with Crippen LogP contribution in [0.3, 0.4) is 0 Å². The summed E-state index contributed by atoms with van der Waals surface area (Å²) in [4.78, 5) is 26.2. The van der Waals surface area contributed by atoms with Gasteiger partial charge in [0.1, 0.15) is 11.8 Å². The Bertz CT molecular complexity index is 734. The second kappa shape index (κ2) is 8.03. The molecule has 1 heterocycles. The normalized spacial score (nSPS) is 16.8. The molecule has 25 heavy (non-hydrogen) atoms. The Hall–Kier alpha value is -2.53. The molecule has 2 aromatic carbocycles. The lowest BCUT2D eigenvalue weighted by atomic mass is 10.2. The van der Waals surface area contributed by atoms with Gasteiger partial charge in [0.25, 0.3) is 0 Å². The highest BCUT2D eigenvalue weighted by Gasteiger charge is 2.33. The average molecular weight is 359 g/mol. The van der Waals surface area contributed by atoms with E-state index in [4.69, 9.17) is 16.3 Å². The van der Waals surface area contributed by atoms with Crippen molar-refractivity contribution < 1.29 is 14.3 Å². The second-order valence-corrected chi connectivity index (χ2v) is 6.22. The van der Waals surface area contributed by atoms with Crippen LogP contribution < -0.4 is 15.0 Å². The number of amides is 2. The highest BCUT2D eigenvalue weighted by atomic mass is 35.5. The minimum atomic E-state index is -0.469. The van der Waals surface area contributed by atoms with Crippen molar-refractivity contribution in [1.29, 1.82) is 0 Å². The van der Waals surface area contributed by atoms with Gasteiger partial charge in [0.2, 0.25) is 11.8 Å². The number of benzene rings is 2. The van der Waals surface area contributed by atoms with Gasteiger partial charge >= 0.3 is 0 Å². The number of rotatable bonds is 6. The molecule has 1 aliphatic heterocycles. The van der Waals surface area contributed by atoms with Crippen molar-refractivity contribution in [2.45, 2.75) is 18.9 Å². The van der Waals surface area contributed by atoms with Gasteiger partial charge in [0, 0.05) is 17.3 Å². The predicted octanol–water partition coefficient (Wildman–Crippen LogP) is 3.03. The molecule has 1 fully saturated rings. The van der Waals surface area contributed by atoms with Crippen LogP contribution in [-0.4, -0.2) is 31.0 Å². The Labute approximate surface area is 151 Å². The number of ether oxygens (including phenoxy) is 1. The van der Waals surface area contributed by atoms with Crippen LogP contribution in [0.4, 0.5) is 5.69 Å². The Morgan fingerprint density at radius 3 is 2.60 bits per heavy atom. The number of carbonyl (C=O) groups is 2. The van der Waals surface area contributed by atoms with Crippen LogP contribution in [0.2, 0.25) is 5.02 Å². The summed E-state index contributed by atoms with van der Waals surface area (Å²) in [5.74, 6) is 0.393. The molecule has 0 aromatic heterocycles. The van der Waals surface area contributed by atoms with Crippen LogP contribution in [-0.2, 0) is 9.59 Å². The predicted molar refractivity (Wildman–Crippen MR) is 96.9 cm³/mol. The zero-order chi connectivity index (χ0) is 17.6. The molecule has 0 saturated carbocycles. The van der Waals surface area contributed by atoms with Gasteiger partial charge in [0.05, 0.1) is 13.0 Å². The number of carbonyl (C=O) groups excluding carboxylic acids is 2. The fourth-order valence-corrected chi connectivity index (χ4v) is 2.86. The zero-order valence-electron chi connectivity index (χ0n) is 13.7. The van der Waals surface area contributed by atoms with E-state index in [2.05, 4.69) is 5.32 Å². The molecule has 1 aliphatic rings. The van der Waals surface area contributed by atoms with Crippen molar-refractivity contribution in [3.8, 4) is 5.75 Å². The Morgan fingerprint density at radius 2 is 1.88 bits per heavy atom. The topological polar surface area (TPSA) is 58.6 Å². The van der Waals surface area contributed by atoms with Crippen LogP contribution in [0.1, 0.15) is 12.8 Å². The van der Waals surface area contributed by atoms with Gasteiger partial charge in [-0.05, 0) is 42.8 Å². The maximum absolute atomic E-state index is 12.4. The van der Waals surface area contributed by atoms with E-state index >= 15 is 0 Å².